The Morgan fingerprint density at radius 1 is 1.27 bits per heavy atom. The first-order valence-electron chi connectivity index (χ1n) is 10.6. The molecule has 1 aromatic rings. The van der Waals surface area contributed by atoms with Crippen molar-refractivity contribution >= 4 is 17.3 Å². The standard InChI is InChI=1S/C22H29F3N4O/c1-15(30)20(26)17-5-2-3-7-19(17)27-12-8-16-9-13-29(14-10-16)21-18(22(23,24)25)6-4-11-28-21/h4,6,11,16H,2-3,5,7-10,12-14,26H2,1H3. The van der Waals surface area contributed by atoms with Crippen LogP contribution in [0.3, 0.4) is 0 Å². The van der Waals surface area contributed by atoms with Crippen molar-refractivity contribution in [3.8, 4) is 0 Å². The fourth-order valence-corrected chi connectivity index (χ4v) is 4.25. The summed E-state index contributed by atoms with van der Waals surface area (Å²) in [6, 6.07) is 2.41. The second kappa shape index (κ2) is 9.62. The van der Waals surface area contributed by atoms with E-state index in [0.717, 1.165) is 62.3 Å². The highest BCUT2D eigenvalue weighted by Gasteiger charge is 2.36. The van der Waals surface area contributed by atoms with Gasteiger partial charge in [0.05, 0.1) is 11.3 Å². The Labute approximate surface area is 175 Å². The first-order valence-corrected chi connectivity index (χ1v) is 10.6. The van der Waals surface area contributed by atoms with Crippen molar-refractivity contribution in [2.24, 2.45) is 16.6 Å². The lowest BCUT2D eigenvalue weighted by molar-refractivity contribution is -0.137. The van der Waals surface area contributed by atoms with E-state index < -0.39 is 11.7 Å². The minimum absolute atomic E-state index is 0.0281. The Bertz CT molecular complexity index is 824. The number of allylic oxidation sites excluding steroid dienone is 2. The Kier molecular flexibility index (Phi) is 7.15. The molecule has 2 N–H and O–H groups in total. The monoisotopic (exact) mass is 422 g/mol. The molecule has 0 spiro atoms. The van der Waals surface area contributed by atoms with Crippen LogP contribution in [-0.2, 0) is 11.0 Å². The Balaban J connectivity index is 1.56. The van der Waals surface area contributed by atoms with E-state index in [2.05, 4.69) is 4.98 Å². The van der Waals surface area contributed by atoms with Gasteiger partial charge in [-0.3, -0.25) is 9.79 Å². The summed E-state index contributed by atoms with van der Waals surface area (Å²) in [5, 5.41) is 0. The largest absolute Gasteiger partial charge is 0.419 e. The van der Waals surface area contributed by atoms with Crippen LogP contribution in [0, 0.1) is 5.92 Å². The highest BCUT2D eigenvalue weighted by molar-refractivity contribution is 6.08. The number of halogens is 3. The molecule has 1 saturated carbocycles. The number of pyridine rings is 1. The first-order chi connectivity index (χ1) is 14.3. The van der Waals surface area contributed by atoms with Crippen molar-refractivity contribution in [1.29, 1.82) is 0 Å². The van der Waals surface area contributed by atoms with Gasteiger partial charge in [-0.05, 0) is 68.6 Å². The van der Waals surface area contributed by atoms with Gasteiger partial charge in [-0.15, -0.1) is 0 Å². The van der Waals surface area contributed by atoms with Gasteiger partial charge in [0.15, 0.2) is 5.78 Å². The zero-order valence-corrected chi connectivity index (χ0v) is 17.3. The highest BCUT2D eigenvalue weighted by Crippen LogP contribution is 2.36. The van der Waals surface area contributed by atoms with E-state index >= 15 is 0 Å². The molecule has 1 aliphatic carbocycles. The third kappa shape index (κ3) is 5.40. The molecule has 2 heterocycles. The molecule has 2 fully saturated rings. The van der Waals surface area contributed by atoms with Gasteiger partial charge in [0, 0.05) is 38.5 Å². The van der Waals surface area contributed by atoms with Crippen LogP contribution in [0.15, 0.2) is 34.6 Å². The summed E-state index contributed by atoms with van der Waals surface area (Å²) in [5.74, 6) is 0.338. The van der Waals surface area contributed by atoms with Crippen LogP contribution in [0.4, 0.5) is 19.0 Å². The SMILES string of the molecule is CC(=O)C(N)=C1CCCCC1=NCCC1CCN(c2ncccc2C(F)(F)F)CC1. The van der Waals surface area contributed by atoms with Crippen LogP contribution in [0.25, 0.3) is 0 Å². The minimum Gasteiger partial charge on any atom is -0.396 e. The maximum absolute atomic E-state index is 13.2. The van der Waals surface area contributed by atoms with E-state index in [4.69, 9.17) is 10.7 Å². The molecule has 0 bridgehead atoms. The summed E-state index contributed by atoms with van der Waals surface area (Å²) < 4.78 is 39.7. The molecule has 0 aromatic carbocycles. The van der Waals surface area contributed by atoms with Gasteiger partial charge in [-0.1, -0.05) is 0 Å². The van der Waals surface area contributed by atoms with E-state index in [1.165, 1.54) is 19.2 Å². The average molecular weight is 422 g/mol. The molecule has 1 saturated heterocycles. The van der Waals surface area contributed by atoms with Crippen LogP contribution in [-0.4, -0.2) is 36.1 Å². The molecule has 2 aliphatic rings. The number of aliphatic imine (C=N–C) groups is 1. The van der Waals surface area contributed by atoms with Gasteiger partial charge in [0.1, 0.15) is 5.82 Å². The molecule has 1 aromatic heterocycles. The number of rotatable bonds is 5. The fourth-order valence-electron chi connectivity index (χ4n) is 4.25. The number of alkyl halides is 3. The lowest BCUT2D eigenvalue weighted by Crippen LogP contribution is -2.35. The molecule has 0 atom stereocenters. The number of anilines is 1. The van der Waals surface area contributed by atoms with Crippen molar-refractivity contribution in [1.82, 2.24) is 4.98 Å². The van der Waals surface area contributed by atoms with Crippen molar-refractivity contribution in [2.75, 3.05) is 24.5 Å². The molecule has 0 amide bonds. The summed E-state index contributed by atoms with van der Waals surface area (Å²) >= 11 is 0. The van der Waals surface area contributed by atoms with E-state index in [1.807, 2.05) is 0 Å². The second-order valence-electron chi connectivity index (χ2n) is 8.08. The first kappa shape index (κ1) is 22.3. The zero-order chi connectivity index (χ0) is 21.7. The molecule has 3 rings (SSSR count). The summed E-state index contributed by atoms with van der Waals surface area (Å²) in [4.78, 5) is 22.1. The van der Waals surface area contributed by atoms with Gasteiger partial charge >= 0.3 is 6.18 Å². The third-order valence-electron chi connectivity index (χ3n) is 5.99. The minimum atomic E-state index is -4.40. The highest BCUT2D eigenvalue weighted by atomic mass is 19.4. The fraction of sp³-hybridized carbons (Fsp3) is 0.591. The predicted molar refractivity (Wildman–Crippen MR) is 111 cm³/mol. The molecular weight excluding hydrogens is 393 g/mol. The maximum Gasteiger partial charge on any atom is 0.419 e. The summed E-state index contributed by atoms with van der Waals surface area (Å²) in [6.07, 6.45) is 3.26. The quantitative estimate of drug-likeness (QED) is 0.708. The van der Waals surface area contributed by atoms with E-state index in [1.54, 1.807) is 4.90 Å². The number of piperidine rings is 1. The Hall–Kier alpha value is -2.38. The number of aromatic nitrogens is 1. The van der Waals surface area contributed by atoms with Crippen molar-refractivity contribution < 1.29 is 18.0 Å². The normalized spacial score (nSPS) is 21.7. The average Bonchev–Trinajstić information content (AvgIpc) is 2.73. The molecule has 164 valence electrons. The van der Waals surface area contributed by atoms with Gasteiger partial charge in [0.25, 0.3) is 0 Å². The molecule has 1 aliphatic heterocycles. The number of hydrogen-bond acceptors (Lipinski definition) is 5. The third-order valence-corrected chi connectivity index (χ3v) is 5.99. The number of nitrogens with zero attached hydrogens (tertiary/aromatic N) is 3. The number of nitrogens with two attached hydrogens (primary N) is 1. The van der Waals surface area contributed by atoms with Crippen molar-refractivity contribution in [3.63, 3.8) is 0 Å². The summed E-state index contributed by atoms with van der Waals surface area (Å²) in [7, 11) is 0. The van der Waals surface area contributed by atoms with E-state index in [9.17, 15) is 18.0 Å². The lowest BCUT2D eigenvalue weighted by Gasteiger charge is -2.34. The Morgan fingerprint density at radius 3 is 2.63 bits per heavy atom. The topological polar surface area (TPSA) is 71.6 Å². The van der Waals surface area contributed by atoms with Gasteiger partial charge in [-0.2, -0.15) is 13.2 Å². The molecule has 0 radical (unpaired) electrons. The van der Waals surface area contributed by atoms with Crippen molar-refractivity contribution in [2.45, 2.75) is 58.0 Å². The Morgan fingerprint density at radius 2 is 1.97 bits per heavy atom. The van der Waals surface area contributed by atoms with E-state index in [-0.39, 0.29) is 11.6 Å². The number of hydrogen-bond donors (Lipinski definition) is 1. The number of Topliss-reactive ketones (excluding diaryl/α,β-unsaturated/α-hetero) is 1. The molecule has 0 unspecified atom stereocenters. The molecular formula is C22H29F3N4O. The second-order valence-corrected chi connectivity index (χ2v) is 8.08. The summed E-state index contributed by atoms with van der Waals surface area (Å²) in [6.45, 7) is 3.26. The number of carbonyl (C=O) groups excluding carboxylic acids is 1. The van der Waals surface area contributed by atoms with Crippen LogP contribution in [0.2, 0.25) is 0 Å². The molecule has 30 heavy (non-hydrogen) atoms. The smallest absolute Gasteiger partial charge is 0.396 e. The number of ketones is 1. The van der Waals surface area contributed by atoms with Crippen LogP contribution >= 0.6 is 0 Å². The van der Waals surface area contributed by atoms with Gasteiger partial charge < -0.3 is 10.6 Å². The maximum atomic E-state index is 13.2. The van der Waals surface area contributed by atoms with Crippen LogP contribution < -0.4 is 10.6 Å². The van der Waals surface area contributed by atoms with Gasteiger partial charge in [0.2, 0.25) is 0 Å². The van der Waals surface area contributed by atoms with E-state index in [0.29, 0.717) is 31.2 Å². The van der Waals surface area contributed by atoms with Crippen LogP contribution in [0.5, 0.6) is 0 Å². The predicted octanol–water partition coefficient (Wildman–Crippen LogP) is 4.52. The molecule has 5 nitrogen and oxygen atoms in total. The molecule has 8 heteroatoms. The zero-order valence-electron chi connectivity index (χ0n) is 17.3. The van der Waals surface area contributed by atoms with Gasteiger partial charge in [-0.25, -0.2) is 4.98 Å². The van der Waals surface area contributed by atoms with Crippen LogP contribution in [0.1, 0.15) is 57.4 Å². The summed E-state index contributed by atoms with van der Waals surface area (Å²) in [5.41, 5.74) is 7.48. The number of carbonyl (C=O) groups is 1. The lowest BCUT2D eigenvalue weighted by atomic mass is 9.90. The van der Waals surface area contributed by atoms with Crippen molar-refractivity contribution in [3.05, 3.63) is 35.2 Å².